The number of anilines is 1. The molecule has 186 valence electrons. The van der Waals surface area contributed by atoms with E-state index in [1.807, 2.05) is 89.4 Å². The van der Waals surface area contributed by atoms with Gasteiger partial charge in [-0.25, -0.2) is 4.68 Å². The first-order chi connectivity index (χ1) is 18.6. The Kier molecular flexibility index (Phi) is 6.18. The molecular weight excluding hydrogens is 468 g/mol. The molecule has 0 amide bonds. The topological polar surface area (TPSA) is 50.5 Å². The molecule has 4 aromatic carbocycles. The second-order valence-corrected chi connectivity index (χ2v) is 9.51. The molecule has 1 aliphatic heterocycles. The summed E-state index contributed by atoms with van der Waals surface area (Å²) in [7, 11) is 0. The van der Waals surface area contributed by atoms with Gasteiger partial charge >= 0.3 is 0 Å². The molecule has 0 fully saturated rings. The molecule has 5 heteroatoms. The van der Waals surface area contributed by atoms with E-state index in [-0.39, 0.29) is 17.7 Å². The summed E-state index contributed by atoms with van der Waals surface area (Å²) < 4.78 is 1.89. The van der Waals surface area contributed by atoms with Gasteiger partial charge in [0.25, 0.3) is 0 Å². The van der Waals surface area contributed by atoms with Gasteiger partial charge in [0.2, 0.25) is 0 Å². The first kappa shape index (κ1) is 23.6. The average molecular weight is 497 g/mol. The predicted octanol–water partition coefficient (Wildman–Crippen LogP) is 7.13. The van der Waals surface area contributed by atoms with Crippen LogP contribution in [0, 0.1) is 6.92 Å². The van der Waals surface area contributed by atoms with E-state index in [9.17, 15) is 4.79 Å². The van der Waals surface area contributed by atoms with Gasteiger partial charge in [-0.1, -0.05) is 97.1 Å². The van der Waals surface area contributed by atoms with Crippen molar-refractivity contribution < 1.29 is 4.79 Å². The van der Waals surface area contributed by atoms with Crippen molar-refractivity contribution in [2.45, 2.75) is 25.8 Å². The number of carbonyl (C=O) groups is 1. The predicted molar refractivity (Wildman–Crippen MR) is 152 cm³/mol. The monoisotopic (exact) mass is 496 g/mol. The molecule has 6 rings (SSSR count). The van der Waals surface area contributed by atoms with E-state index in [1.165, 1.54) is 0 Å². The van der Waals surface area contributed by atoms with Crippen molar-refractivity contribution in [1.82, 2.24) is 9.78 Å². The molecule has 1 aliphatic rings. The fourth-order valence-corrected chi connectivity index (χ4v) is 5.44. The molecule has 1 aromatic heterocycles. The highest BCUT2D eigenvalue weighted by Crippen LogP contribution is 2.47. The lowest BCUT2D eigenvalue weighted by Gasteiger charge is -2.28. The minimum Gasteiger partial charge on any atom is -0.294 e. The number of hydrogen-bond acceptors (Lipinski definition) is 4. The van der Waals surface area contributed by atoms with Crippen molar-refractivity contribution in [1.29, 1.82) is 0 Å². The second kappa shape index (κ2) is 9.94. The number of hydrogen-bond donors (Lipinski definition) is 0. The number of Topliss-reactive ketones (excluding diaryl/α,β-unsaturated/α-hetero) is 1. The van der Waals surface area contributed by atoms with Crippen LogP contribution in [0.15, 0.2) is 126 Å². The third-order valence-electron chi connectivity index (χ3n) is 7.11. The Bertz CT molecular complexity index is 1590. The lowest BCUT2D eigenvalue weighted by Crippen LogP contribution is -2.26. The van der Waals surface area contributed by atoms with Gasteiger partial charge in [0.05, 0.1) is 40.0 Å². The highest BCUT2D eigenvalue weighted by molar-refractivity contribution is 6.08. The van der Waals surface area contributed by atoms with Gasteiger partial charge in [-0.15, -0.1) is 0 Å². The highest BCUT2D eigenvalue weighted by atomic mass is 16.1. The van der Waals surface area contributed by atoms with E-state index in [4.69, 9.17) is 10.2 Å². The van der Waals surface area contributed by atoms with Gasteiger partial charge in [-0.3, -0.25) is 9.80 Å². The quantitative estimate of drug-likeness (QED) is 0.235. The summed E-state index contributed by atoms with van der Waals surface area (Å²) in [5, 5.41) is 12.4. The fourth-order valence-electron chi connectivity index (χ4n) is 5.44. The molecule has 2 atom stereocenters. The van der Waals surface area contributed by atoms with Crippen LogP contribution >= 0.6 is 0 Å². The molecule has 2 heterocycles. The van der Waals surface area contributed by atoms with Crippen molar-refractivity contribution in [3.8, 4) is 5.69 Å². The summed E-state index contributed by atoms with van der Waals surface area (Å²) in [4.78, 5) is 13.2. The zero-order valence-electron chi connectivity index (χ0n) is 21.4. The van der Waals surface area contributed by atoms with Crippen LogP contribution in [0.1, 0.15) is 51.8 Å². The van der Waals surface area contributed by atoms with Crippen LogP contribution in [-0.2, 0) is 0 Å². The van der Waals surface area contributed by atoms with Crippen LogP contribution in [-0.4, -0.2) is 21.3 Å². The first-order valence-corrected chi connectivity index (χ1v) is 12.8. The van der Waals surface area contributed by atoms with Crippen molar-refractivity contribution >= 4 is 17.2 Å². The lowest BCUT2D eigenvalue weighted by molar-refractivity contribution is 0.101. The number of carbonyl (C=O) groups excluding carboxylic acids is 1. The summed E-state index contributed by atoms with van der Waals surface area (Å²) in [6.07, 6.45) is 0. The zero-order valence-corrected chi connectivity index (χ0v) is 21.4. The molecule has 0 saturated carbocycles. The van der Waals surface area contributed by atoms with Gasteiger partial charge in [0, 0.05) is 0 Å². The Hall–Kier alpha value is -4.77. The molecular formula is C33H28N4O. The molecule has 0 saturated heterocycles. The minimum atomic E-state index is -0.322. The van der Waals surface area contributed by atoms with Crippen LogP contribution in [0.5, 0.6) is 0 Å². The maximum Gasteiger partial charge on any atom is 0.163 e. The van der Waals surface area contributed by atoms with E-state index in [0.717, 1.165) is 39.6 Å². The maximum atomic E-state index is 13.2. The van der Waals surface area contributed by atoms with E-state index in [2.05, 4.69) is 48.5 Å². The highest BCUT2D eigenvalue weighted by Gasteiger charge is 2.44. The standard InChI is InChI=1S/C33H28N4O/c1-23-29(24(2)38)32(35-36(23)27-19-11-5-12-20-27)33-30(25-15-7-3-8-16-25)31(26-17-9-4-10-18-26)34-37(33)28-21-13-6-14-22-28/h3-22,30,33H,1-2H3/t30-,33-/m1/s1. The Labute approximate surface area is 222 Å². The molecule has 0 unspecified atom stereocenters. The minimum absolute atomic E-state index is 0.00679. The van der Waals surface area contributed by atoms with Crippen molar-refractivity contribution in [2.75, 3.05) is 5.01 Å². The van der Waals surface area contributed by atoms with Crippen LogP contribution in [0.3, 0.4) is 0 Å². The Morgan fingerprint density at radius 2 is 1.24 bits per heavy atom. The summed E-state index contributed by atoms with van der Waals surface area (Å²) in [6, 6.07) is 40.5. The third-order valence-corrected chi connectivity index (χ3v) is 7.11. The number of rotatable bonds is 6. The van der Waals surface area contributed by atoms with Crippen LogP contribution in [0.2, 0.25) is 0 Å². The molecule has 0 N–H and O–H groups in total. The van der Waals surface area contributed by atoms with Crippen molar-refractivity contribution in [2.24, 2.45) is 5.10 Å². The van der Waals surface area contributed by atoms with Crippen molar-refractivity contribution in [3.05, 3.63) is 149 Å². The van der Waals surface area contributed by atoms with Crippen LogP contribution in [0.4, 0.5) is 5.69 Å². The van der Waals surface area contributed by atoms with Crippen LogP contribution in [0.25, 0.3) is 5.69 Å². The number of hydrazone groups is 1. The fraction of sp³-hybridized carbons (Fsp3) is 0.121. The summed E-state index contributed by atoms with van der Waals surface area (Å²) in [6.45, 7) is 3.60. The van der Waals surface area contributed by atoms with E-state index >= 15 is 0 Å². The Morgan fingerprint density at radius 3 is 1.82 bits per heavy atom. The van der Waals surface area contributed by atoms with Gasteiger partial charge < -0.3 is 0 Å². The Morgan fingerprint density at radius 1 is 0.711 bits per heavy atom. The summed E-state index contributed by atoms with van der Waals surface area (Å²) in [5.41, 5.74) is 7.19. The SMILES string of the molecule is CC(=O)c1c([C@H]2[C@H](c3ccccc3)C(c3ccccc3)=NN2c2ccccc2)nn(-c2ccccc2)c1C. The maximum absolute atomic E-state index is 13.2. The molecule has 0 spiro atoms. The van der Waals surface area contributed by atoms with Crippen molar-refractivity contribution in [3.63, 3.8) is 0 Å². The summed E-state index contributed by atoms with van der Waals surface area (Å²) in [5.74, 6) is -0.150. The van der Waals surface area contributed by atoms with E-state index in [1.54, 1.807) is 6.92 Å². The van der Waals surface area contributed by atoms with E-state index in [0.29, 0.717) is 5.56 Å². The lowest BCUT2D eigenvalue weighted by atomic mass is 9.82. The average Bonchev–Trinajstić information content (AvgIpc) is 3.53. The largest absolute Gasteiger partial charge is 0.294 e. The number of nitrogens with zero attached hydrogens (tertiary/aromatic N) is 4. The molecule has 0 bridgehead atoms. The normalized spacial score (nSPS) is 16.9. The van der Waals surface area contributed by atoms with Gasteiger partial charge in [0.1, 0.15) is 6.04 Å². The smallest absolute Gasteiger partial charge is 0.163 e. The molecule has 38 heavy (non-hydrogen) atoms. The van der Waals surface area contributed by atoms with E-state index < -0.39 is 0 Å². The van der Waals surface area contributed by atoms with Gasteiger partial charge in [0.15, 0.2) is 5.78 Å². The number of benzene rings is 4. The number of ketones is 1. The molecule has 0 aliphatic carbocycles. The number of para-hydroxylation sites is 2. The zero-order chi connectivity index (χ0) is 26.1. The third kappa shape index (κ3) is 4.12. The van der Waals surface area contributed by atoms with Crippen LogP contribution < -0.4 is 5.01 Å². The molecule has 0 radical (unpaired) electrons. The van der Waals surface area contributed by atoms with Gasteiger partial charge in [-0.05, 0) is 49.2 Å². The summed E-state index contributed by atoms with van der Waals surface area (Å²) >= 11 is 0. The molecule has 5 nitrogen and oxygen atoms in total. The second-order valence-electron chi connectivity index (χ2n) is 9.51. The molecule has 5 aromatic rings. The first-order valence-electron chi connectivity index (χ1n) is 12.8. The Balaban J connectivity index is 1.63. The number of aromatic nitrogens is 2. The van der Waals surface area contributed by atoms with Gasteiger partial charge in [-0.2, -0.15) is 10.2 Å².